The van der Waals surface area contributed by atoms with E-state index in [0.717, 1.165) is 17.1 Å². The fraction of sp³-hybridized carbons (Fsp3) is 0.263. The van der Waals surface area contributed by atoms with Gasteiger partial charge in [-0.15, -0.1) is 23.5 Å². The second-order valence-electron chi connectivity index (χ2n) is 5.88. The molecule has 0 aliphatic carbocycles. The molecule has 1 saturated heterocycles. The fourth-order valence-electron chi connectivity index (χ4n) is 2.53. The lowest BCUT2D eigenvalue weighted by atomic mass is 10.1. The number of nitrogens with zero attached hydrogens (tertiary/aromatic N) is 1. The highest BCUT2D eigenvalue weighted by Crippen LogP contribution is 2.45. The van der Waals surface area contributed by atoms with Crippen LogP contribution in [-0.2, 0) is 0 Å². The lowest BCUT2D eigenvalue weighted by molar-refractivity contribution is -0.153. The third-order valence-electron chi connectivity index (χ3n) is 3.82. The SMILES string of the molecule is N#Cc1cc(NC(=O)c2ccc(C3SCCS3)cc2)ccc1OCC(F)(F)F. The van der Waals surface area contributed by atoms with E-state index in [1.807, 2.05) is 35.7 Å². The molecule has 1 aliphatic heterocycles. The molecule has 1 aliphatic rings. The molecule has 1 fully saturated rings. The van der Waals surface area contributed by atoms with E-state index in [1.165, 1.54) is 18.2 Å². The van der Waals surface area contributed by atoms with Crippen LogP contribution in [0.3, 0.4) is 0 Å². The number of benzene rings is 2. The lowest BCUT2D eigenvalue weighted by Gasteiger charge is -2.12. The van der Waals surface area contributed by atoms with Gasteiger partial charge in [0.1, 0.15) is 11.8 Å². The number of amides is 1. The number of nitriles is 1. The van der Waals surface area contributed by atoms with Gasteiger partial charge in [0.2, 0.25) is 0 Å². The molecule has 2 aromatic carbocycles. The Hall–Kier alpha value is -2.31. The second kappa shape index (κ2) is 8.80. The van der Waals surface area contributed by atoms with Gasteiger partial charge in [-0.2, -0.15) is 18.4 Å². The summed E-state index contributed by atoms with van der Waals surface area (Å²) >= 11 is 3.75. The zero-order chi connectivity index (χ0) is 20.1. The van der Waals surface area contributed by atoms with Gasteiger partial charge in [-0.05, 0) is 35.9 Å². The van der Waals surface area contributed by atoms with Gasteiger partial charge in [-0.1, -0.05) is 12.1 Å². The van der Waals surface area contributed by atoms with E-state index >= 15 is 0 Å². The predicted molar refractivity (Wildman–Crippen MR) is 105 cm³/mol. The van der Waals surface area contributed by atoms with Crippen molar-refractivity contribution in [2.75, 3.05) is 23.4 Å². The molecule has 0 radical (unpaired) electrons. The summed E-state index contributed by atoms with van der Waals surface area (Å²) < 4.78 is 41.8. The molecule has 2 aromatic rings. The number of thioether (sulfide) groups is 2. The topological polar surface area (TPSA) is 62.1 Å². The summed E-state index contributed by atoms with van der Waals surface area (Å²) in [5, 5.41) is 11.8. The molecule has 0 bridgehead atoms. The van der Waals surface area contributed by atoms with Crippen LogP contribution in [0.5, 0.6) is 5.75 Å². The Morgan fingerprint density at radius 1 is 1.18 bits per heavy atom. The quantitative estimate of drug-likeness (QED) is 0.712. The average Bonchev–Trinajstić information content (AvgIpc) is 3.21. The normalized spacial score (nSPS) is 14.5. The summed E-state index contributed by atoms with van der Waals surface area (Å²) in [4.78, 5) is 12.4. The molecule has 0 aromatic heterocycles. The van der Waals surface area contributed by atoms with E-state index in [1.54, 1.807) is 18.2 Å². The van der Waals surface area contributed by atoms with Gasteiger partial charge in [0.15, 0.2) is 6.61 Å². The summed E-state index contributed by atoms with van der Waals surface area (Å²) in [6, 6.07) is 13.0. The first kappa shape index (κ1) is 20.4. The van der Waals surface area contributed by atoms with E-state index < -0.39 is 12.8 Å². The van der Waals surface area contributed by atoms with Gasteiger partial charge in [0, 0.05) is 22.8 Å². The molecule has 1 N–H and O–H groups in total. The maximum atomic E-state index is 12.4. The minimum Gasteiger partial charge on any atom is -0.483 e. The van der Waals surface area contributed by atoms with Crippen LogP contribution in [0, 0.1) is 11.3 Å². The number of carbonyl (C=O) groups excluding carboxylic acids is 1. The summed E-state index contributed by atoms with van der Waals surface area (Å²) in [6.45, 7) is -1.49. The smallest absolute Gasteiger partial charge is 0.422 e. The van der Waals surface area contributed by atoms with Crippen LogP contribution in [0.2, 0.25) is 0 Å². The number of carbonyl (C=O) groups is 1. The highest BCUT2D eigenvalue weighted by molar-refractivity contribution is 8.19. The molecule has 0 unspecified atom stereocenters. The van der Waals surface area contributed by atoms with Crippen molar-refractivity contribution in [1.29, 1.82) is 5.26 Å². The molecule has 28 heavy (non-hydrogen) atoms. The van der Waals surface area contributed by atoms with E-state index in [4.69, 9.17) is 5.26 Å². The van der Waals surface area contributed by atoms with E-state index in [-0.39, 0.29) is 17.2 Å². The Labute approximate surface area is 168 Å². The zero-order valence-corrected chi connectivity index (χ0v) is 16.1. The predicted octanol–water partition coefficient (Wildman–Crippen LogP) is 5.23. The first-order valence-corrected chi connectivity index (χ1v) is 10.3. The van der Waals surface area contributed by atoms with Crippen molar-refractivity contribution in [3.63, 3.8) is 0 Å². The minimum absolute atomic E-state index is 0.0901. The van der Waals surface area contributed by atoms with Gasteiger partial charge < -0.3 is 10.1 Å². The fourth-order valence-corrected chi connectivity index (χ4v) is 5.39. The van der Waals surface area contributed by atoms with Crippen molar-refractivity contribution in [1.82, 2.24) is 0 Å². The molecule has 4 nitrogen and oxygen atoms in total. The second-order valence-corrected chi connectivity index (χ2v) is 8.60. The highest BCUT2D eigenvalue weighted by atomic mass is 32.2. The third-order valence-corrected chi connectivity index (χ3v) is 6.92. The lowest BCUT2D eigenvalue weighted by Crippen LogP contribution is -2.19. The van der Waals surface area contributed by atoms with E-state index in [0.29, 0.717) is 15.8 Å². The molecule has 0 atom stereocenters. The molecular weight excluding hydrogens is 409 g/mol. The molecule has 1 amide bonds. The van der Waals surface area contributed by atoms with Crippen molar-refractivity contribution in [2.45, 2.75) is 10.8 Å². The van der Waals surface area contributed by atoms with E-state index in [2.05, 4.69) is 10.1 Å². The molecule has 146 valence electrons. The van der Waals surface area contributed by atoms with Crippen LogP contribution in [0.1, 0.15) is 26.1 Å². The van der Waals surface area contributed by atoms with Crippen LogP contribution >= 0.6 is 23.5 Å². The molecule has 0 spiro atoms. The number of nitrogens with one attached hydrogen (secondary N) is 1. The van der Waals surface area contributed by atoms with Crippen molar-refractivity contribution < 1.29 is 22.7 Å². The standard InChI is InChI=1S/C19H15F3N2O2S2/c20-19(21,22)11-26-16-6-5-15(9-14(16)10-23)24-17(25)12-1-3-13(4-2-12)18-27-7-8-28-18/h1-6,9,18H,7-8,11H2,(H,24,25). The number of halogens is 3. The number of alkyl halides is 3. The van der Waals surface area contributed by atoms with Gasteiger partial charge in [0.05, 0.1) is 10.1 Å². The molecule has 0 saturated carbocycles. The first-order valence-electron chi connectivity index (χ1n) is 8.24. The van der Waals surface area contributed by atoms with Crippen molar-refractivity contribution in [3.8, 4) is 11.8 Å². The third kappa shape index (κ3) is 5.36. The van der Waals surface area contributed by atoms with Gasteiger partial charge in [0.25, 0.3) is 5.91 Å². The number of hydrogen-bond acceptors (Lipinski definition) is 5. The summed E-state index contributed by atoms with van der Waals surface area (Å²) in [7, 11) is 0. The Balaban J connectivity index is 1.67. The summed E-state index contributed by atoms with van der Waals surface area (Å²) in [5.74, 6) is 1.67. The molecule has 9 heteroatoms. The molecule has 3 rings (SSSR count). The highest BCUT2D eigenvalue weighted by Gasteiger charge is 2.29. The Morgan fingerprint density at radius 2 is 1.86 bits per heavy atom. The van der Waals surface area contributed by atoms with E-state index in [9.17, 15) is 18.0 Å². The van der Waals surface area contributed by atoms with Crippen LogP contribution in [0.25, 0.3) is 0 Å². The first-order chi connectivity index (χ1) is 13.4. The van der Waals surface area contributed by atoms with Crippen LogP contribution in [0.4, 0.5) is 18.9 Å². The average molecular weight is 424 g/mol. The summed E-state index contributed by atoms with van der Waals surface area (Å²) in [6.07, 6.45) is -4.50. The number of hydrogen-bond donors (Lipinski definition) is 1. The van der Waals surface area contributed by atoms with Gasteiger partial charge in [-0.3, -0.25) is 4.79 Å². The Kier molecular flexibility index (Phi) is 6.42. The molecular formula is C19H15F3N2O2S2. The Morgan fingerprint density at radius 3 is 2.46 bits per heavy atom. The Bertz CT molecular complexity index is 890. The van der Waals surface area contributed by atoms with Crippen LogP contribution < -0.4 is 10.1 Å². The van der Waals surface area contributed by atoms with Crippen molar-refractivity contribution >= 4 is 35.1 Å². The van der Waals surface area contributed by atoms with Crippen molar-refractivity contribution in [3.05, 3.63) is 59.2 Å². The maximum absolute atomic E-state index is 12.4. The van der Waals surface area contributed by atoms with Gasteiger partial charge >= 0.3 is 6.18 Å². The number of anilines is 1. The maximum Gasteiger partial charge on any atom is 0.422 e. The minimum atomic E-state index is -4.50. The molecule has 1 heterocycles. The largest absolute Gasteiger partial charge is 0.483 e. The number of rotatable bonds is 5. The van der Waals surface area contributed by atoms with Crippen LogP contribution in [0.15, 0.2) is 42.5 Å². The summed E-state index contributed by atoms with van der Waals surface area (Å²) in [5.41, 5.74) is 1.81. The monoisotopic (exact) mass is 424 g/mol. The van der Waals surface area contributed by atoms with Gasteiger partial charge in [-0.25, -0.2) is 0 Å². The van der Waals surface area contributed by atoms with Crippen molar-refractivity contribution in [2.24, 2.45) is 0 Å². The number of ether oxygens (including phenoxy) is 1. The zero-order valence-electron chi connectivity index (χ0n) is 14.5. The van der Waals surface area contributed by atoms with Crippen LogP contribution in [-0.4, -0.2) is 30.2 Å².